The summed E-state index contributed by atoms with van der Waals surface area (Å²) in [5.41, 5.74) is 3.56. The fraction of sp³-hybridized carbons (Fsp3) is 0.286. The minimum Gasteiger partial charge on any atom is -0.489 e. The third kappa shape index (κ3) is 6.94. The van der Waals surface area contributed by atoms with Gasteiger partial charge < -0.3 is 14.8 Å². The third-order valence-electron chi connectivity index (χ3n) is 5.39. The smallest absolute Gasteiger partial charge is 0.328 e. The van der Waals surface area contributed by atoms with Crippen molar-refractivity contribution in [3.63, 3.8) is 0 Å². The van der Waals surface area contributed by atoms with E-state index in [1.165, 1.54) is 7.11 Å². The van der Waals surface area contributed by atoms with Crippen molar-refractivity contribution in [2.45, 2.75) is 45.3 Å². The molecule has 5 nitrogen and oxygen atoms in total. The molecule has 0 unspecified atom stereocenters. The summed E-state index contributed by atoms with van der Waals surface area (Å²) in [6.07, 6.45) is 0.293. The van der Waals surface area contributed by atoms with E-state index in [-0.39, 0.29) is 11.3 Å². The van der Waals surface area contributed by atoms with Gasteiger partial charge in [0.1, 0.15) is 18.4 Å². The van der Waals surface area contributed by atoms with Gasteiger partial charge in [-0.1, -0.05) is 75.4 Å². The highest BCUT2D eigenvalue weighted by molar-refractivity contribution is 5.96. The second-order valence-electron chi connectivity index (χ2n) is 9.00. The van der Waals surface area contributed by atoms with Crippen LogP contribution in [0.5, 0.6) is 5.75 Å². The lowest BCUT2D eigenvalue weighted by Crippen LogP contribution is -2.43. The number of esters is 1. The van der Waals surface area contributed by atoms with Gasteiger partial charge in [0.05, 0.1) is 7.11 Å². The molecule has 172 valence electrons. The number of ether oxygens (including phenoxy) is 2. The van der Waals surface area contributed by atoms with Crippen LogP contribution in [-0.4, -0.2) is 25.0 Å². The minimum atomic E-state index is -0.811. The Bertz CT molecular complexity index is 1070. The summed E-state index contributed by atoms with van der Waals surface area (Å²) < 4.78 is 10.8. The molecule has 0 spiro atoms. The first-order valence-corrected chi connectivity index (χ1v) is 11.0. The zero-order chi connectivity index (χ0) is 23.8. The van der Waals surface area contributed by atoms with Crippen LogP contribution in [0.15, 0.2) is 78.9 Å². The van der Waals surface area contributed by atoms with Crippen LogP contribution in [0.3, 0.4) is 0 Å². The number of benzene rings is 3. The topological polar surface area (TPSA) is 64.6 Å². The molecule has 0 aliphatic rings. The van der Waals surface area contributed by atoms with Gasteiger partial charge in [-0.15, -0.1) is 0 Å². The maximum absolute atomic E-state index is 12.8. The van der Waals surface area contributed by atoms with Gasteiger partial charge >= 0.3 is 5.97 Å². The number of amides is 1. The summed E-state index contributed by atoms with van der Waals surface area (Å²) >= 11 is 0. The second-order valence-corrected chi connectivity index (χ2v) is 9.00. The molecule has 1 N–H and O–H groups in total. The Morgan fingerprint density at radius 2 is 1.55 bits per heavy atom. The van der Waals surface area contributed by atoms with Crippen molar-refractivity contribution < 1.29 is 19.1 Å². The van der Waals surface area contributed by atoms with E-state index >= 15 is 0 Å². The van der Waals surface area contributed by atoms with Gasteiger partial charge in [0.15, 0.2) is 0 Å². The van der Waals surface area contributed by atoms with Crippen LogP contribution < -0.4 is 10.1 Å². The standard InChI is InChI=1S/C28H31NO4/c1-28(2,3)23-15-13-22(14-16-23)26(30)29-25(27(31)32-4)18-21-11-8-12-24(17-21)33-19-20-9-6-5-7-10-20/h5-17,25H,18-19H2,1-4H3,(H,29,30)/t25-/m0/s1. The lowest BCUT2D eigenvalue weighted by Gasteiger charge is -2.20. The molecule has 33 heavy (non-hydrogen) atoms. The van der Waals surface area contributed by atoms with E-state index < -0.39 is 12.0 Å². The molecule has 0 heterocycles. The molecule has 0 aromatic heterocycles. The summed E-state index contributed by atoms with van der Waals surface area (Å²) in [5, 5.41) is 2.81. The van der Waals surface area contributed by atoms with E-state index in [9.17, 15) is 9.59 Å². The molecule has 0 saturated carbocycles. The van der Waals surface area contributed by atoms with Gasteiger partial charge in [0, 0.05) is 12.0 Å². The number of carbonyl (C=O) groups is 2. The third-order valence-corrected chi connectivity index (χ3v) is 5.39. The Hall–Kier alpha value is -3.60. The molecule has 5 heteroatoms. The Labute approximate surface area is 195 Å². The molecule has 0 aliphatic carbocycles. The highest BCUT2D eigenvalue weighted by atomic mass is 16.5. The zero-order valence-corrected chi connectivity index (χ0v) is 19.6. The van der Waals surface area contributed by atoms with Crippen molar-refractivity contribution in [3.05, 3.63) is 101 Å². The molecular formula is C28H31NO4. The highest BCUT2D eigenvalue weighted by Gasteiger charge is 2.23. The number of carbonyl (C=O) groups excluding carboxylic acids is 2. The van der Waals surface area contributed by atoms with Crippen LogP contribution in [-0.2, 0) is 28.0 Å². The first-order chi connectivity index (χ1) is 15.8. The van der Waals surface area contributed by atoms with E-state index in [4.69, 9.17) is 9.47 Å². The largest absolute Gasteiger partial charge is 0.489 e. The molecule has 3 aromatic rings. The average Bonchev–Trinajstić information content (AvgIpc) is 2.82. The zero-order valence-electron chi connectivity index (χ0n) is 19.6. The second kappa shape index (κ2) is 10.8. The Morgan fingerprint density at radius 1 is 0.879 bits per heavy atom. The predicted octanol–water partition coefficient (Wildman–Crippen LogP) is 5.08. The predicted molar refractivity (Wildman–Crippen MR) is 129 cm³/mol. The van der Waals surface area contributed by atoms with Crippen LogP contribution in [0.4, 0.5) is 0 Å². The van der Waals surface area contributed by atoms with Crippen LogP contribution in [0.25, 0.3) is 0 Å². The maximum Gasteiger partial charge on any atom is 0.328 e. The fourth-order valence-corrected chi connectivity index (χ4v) is 3.44. The molecule has 3 aromatic carbocycles. The number of hydrogen-bond donors (Lipinski definition) is 1. The lowest BCUT2D eigenvalue weighted by atomic mass is 9.86. The number of methoxy groups -OCH3 is 1. The van der Waals surface area contributed by atoms with E-state index in [0.29, 0.717) is 24.3 Å². The van der Waals surface area contributed by atoms with Crippen LogP contribution >= 0.6 is 0 Å². The summed E-state index contributed by atoms with van der Waals surface area (Å²) in [6.45, 7) is 6.80. The Morgan fingerprint density at radius 3 is 2.18 bits per heavy atom. The first-order valence-electron chi connectivity index (χ1n) is 11.0. The molecule has 0 fully saturated rings. The minimum absolute atomic E-state index is 0.00282. The summed E-state index contributed by atoms with van der Waals surface area (Å²) in [6, 6.07) is 24.0. The van der Waals surface area contributed by atoms with Crippen LogP contribution in [0.2, 0.25) is 0 Å². The van der Waals surface area contributed by atoms with Crippen LogP contribution in [0, 0.1) is 0 Å². The molecule has 0 aliphatic heterocycles. The monoisotopic (exact) mass is 445 g/mol. The number of rotatable bonds is 8. The van der Waals surface area contributed by atoms with E-state index in [1.54, 1.807) is 12.1 Å². The summed E-state index contributed by atoms with van der Waals surface area (Å²) in [4.78, 5) is 25.2. The number of hydrogen-bond acceptors (Lipinski definition) is 4. The fourth-order valence-electron chi connectivity index (χ4n) is 3.44. The van der Waals surface area contributed by atoms with E-state index in [2.05, 4.69) is 26.1 Å². The molecule has 0 bridgehead atoms. The van der Waals surface area contributed by atoms with Crippen molar-refractivity contribution >= 4 is 11.9 Å². The summed E-state index contributed by atoms with van der Waals surface area (Å²) in [7, 11) is 1.32. The Kier molecular flexibility index (Phi) is 7.88. The molecule has 1 atom stereocenters. The van der Waals surface area contributed by atoms with E-state index in [0.717, 1.165) is 16.7 Å². The maximum atomic E-state index is 12.8. The average molecular weight is 446 g/mol. The van der Waals surface area contributed by atoms with Gasteiger partial charge in [-0.2, -0.15) is 0 Å². The first kappa shape index (κ1) is 24.1. The van der Waals surface area contributed by atoms with Crippen molar-refractivity contribution in [2.75, 3.05) is 7.11 Å². The van der Waals surface area contributed by atoms with Crippen molar-refractivity contribution in [3.8, 4) is 5.75 Å². The van der Waals surface area contributed by atoms with Gasteiger partial charge in [-0.3, -0.25) is 4.79 Å². The molecule has 0 radical (unpaired) electrons. The van der Waals surface area contributed by atoms with Crippen molar-refractivity contribution in [1.82, 2.24) is 5.32 Å². The van der Waals surface area contributed by atoms with E-state index in [1.807, 2.05) is 66.7 Å². The van der Waals surface area contributed by atoms with Gasteiger partial charge in [0.2, 0.25) is 0 Å². The van der Waals surface area contributed by atoms with Crippen molar-refractivity contribution in [1.29, 1.82) is 0 Å². The highest BCUT2D eigenvalue weighted by Crippen LogP contribution is 2.22. The van der Waals surface area contributed by atoms with Gasteiger partial charge in [0.25, 0.3) is 5.91 Å². The number of nitrogens with one attached hydrogen (secondary N) is 1. The van der Waals surface area contributed by atoms with Crippen LogP contribution in [0.1, 0.15) is 47.8 Å². The molecule has 3 rings (SSSR count). The molecule has 0 saturated heterocycles. The summed E-state index contributed by atoms with van der Waals surface area (Å²) in [5.74, 6) is -0.114. The van der Waals surface area contributed by atoms with Gasteiger partial charge in [-0.25, -0.2) is 4.79 Å². The van der Waals surface area contributed by atoms with Gasteiger partial charge in [-0.05, 0) is 46.4 Å². The molecular weight excluding hydrogens is 414 g/mol. The van der Waals surface area contributed by atoms with Crippen molar-refractivity contribution in [2.24, 2.45) is 0 Å². The normalized spacial score (nSPS) is 12.0. The Balaban J connectivity index is 1.68. The lowest BCUT2D eigenvalue weighted by molar-refractivity contribution is -0.142. The SMILES string of the molecule is COC(=O)[C@H](Cc1cccc(OCc2ccccc2)c1)NC(=O)c1ccc(C(C)(C)C)cc1. The quantitative estimate of drug-likeness (QED) is 0.491. The molecule has 1 amide bonds.